The molecular formula is C21H23FN6O2S. The lowest BCUT2D eigenvalue weighted by Crippen LogP contribution is -2.15. The fraction of sp³-hybridized carbons (Fsp3) is 0.190. The molecule has 0 radical (unpaired) electrons. The Bertz CT molecular complexity index is 1030. The molecule has 5 N–H and O–H groups in total. The first-order valence-corrected chi connectivity index (χ1v) is 10.2. The minimum atomic E-state index is -0.342. The second-order valence-corrected chi connectivity index (χ2v) is 8.04. The number of nitrogens with zero attached hydrogens (tertiary/aromatic N) is 3. The quantitative estimate of drug-likeness (QED) is 0.150. The summed E-state index contributed by atoms with van der Waals surface area (Å²) in [5.41, 5.74) is 6.29. The zero-order valence-electron chi connectivity index (χ0n) is 17.1. The van der Waals surface area contributed by atoms with E-state index in [9.17, 15) is 4.39 Å². The molecule has 2 aromatic heterocycles. The van der Waals surface area contributed by atoms with Gasteiger partial charge in [0.25, 0.3) is 0 Å². The number of halogens is 1. The van der Waals surface area contributed by atoms with Crippen molar-refractivity contribution in [2.45, 2.75) is 17.1 Å². The van der Waals surface area contributed by atoms with Crippen molar-refractivity contribution >= 4 is 29.2 Å². The molecule has 0 spiro atoms. The molecular weight excluding hydrogens is 419 g/mol. The number of benzene rings is 1. The van der Waals surface area contributed by atoms with Crippen LogP contribution >= 0.6 is 11.8 Å². The number of hydrogen-bond donors (Lipinski definition) is 3. The summed E-state index contributed by atoms with van der Waals surface area (Å²) >= 11 is 1.61. The smallest absolute Gasteiger partial charge is 0.175 e. The molecule has 0 aliphatic heterocycles. The Morgan fingerprint density at radius 1 is 1.19 bits per heavy atom. The number of pyridine rings is 2. The fourth-order valence-corrected chi connectivity index (χ4v) is 3.57. The standard InChI is InChI=1S/C21H23FN6O2S/c1-13(12-29-2)31-17-9-18(30-16-6-4-15(22)5-7-16)21(26-11-17)27-19-8-3-14(10-25-19)20(23)28-24/h3-11,13H,12,24H2,1-2H3,(H2,23,28)(H,25,26,27). The molecule has 10 heteroatoms. The number of thioether (sulfide) groups is 1. The van der Waals surface area contributed by atoms with E-state index in [1.807, 2.05) is 6.07 Å². The highest BCUT2D eigenvalue weighted by atomic mass is 32.2. The molecule has 2 heterocycles. The summed E-state index contributed by atoms with van der Waals surface area (Å²) < 4.78 is 24.4. The fourth-order valence-electron chi connectivity index (χ4n) is 2.61. The van der Waals surface area contributed by atoms with Crippen LogP contribution in [0.15, 0.2) is 64.9 Å². The van der Waals surface area contributed by atoms with Crippen LogP contribution in [0.3, 0.4) is 0 Å². The van der Waals surface area contributed by atoms with E-state index in [2.05, 4.69) is 27.3 Å². The Morgan fingerprint density at radius 3 is 2.61 bits per heavy atom. The first-order chi connectivity index (χ1) is 15.0. The summed E-state index contributed by atoms with van der Waals surface area (Å²) in [5, 5.41) is 6.81. The Hall–Kier alpha value is -3.37. The highest BCUT2D eigenvalue weighted by Crippen LogP contribution is 2.34. The number of amidine groups is 1. The monoisotopic (exact) mass is 442 g/mol. The van der Waals surface area contributed by atoms with E-state index in [-0.39, 0.29) is 16.9 Å². The Morgan fingerprint density at radius 2 is 1.97 bits per heavy atom. The van der Waals surface area contributed by atoms with Crippen molar-refractivity contribution in [1.82, 2.24) is 9.97 Å². The zero-order chi connectivity index (χ0) is 22.2. The van der Waals surface area contributed by atoms with Crippen molar-refractivity contribution in [3.63, 3.8) is 0 Å². The molecule has 0 saturated carbocycles. The van der Waals surface area contributed by atoms with Crippen molar-refractivity contribution in [3.05, 3.63) is 66.2 Å². The van der Waals surface area contributed by atoms with E-state index in [1.54, 1.807) is 55.5 Å². The first-order valence-electron chi connectivity index (χ1n) is 9.34. The van der Waals surface area contributed by atoms with E-state index in [1.165, 1.54) is 12.1 Å². The van der Waals surface area contributed by atoms with Crippen molar-refractivity contribution < 1.29 is 13.9 Å². The summed E-state index contributed by atoms with van der Waals surface area (Å²) in [6.45, 7) is 2.66. The minimum absolute atomic E-state index is 0.184. The molecule has 0 aliphatic rings. The van der Waals surface area contributed by atoms with Gasteiger partial charge in [-0.1, -0.05) is 6.92 Å². The molecule has 0 amide bonds. The van der Waals surface area contributed by atoms with Gasteiger partial charge in [-0.25, -0.2) is 14.4 Å². The van der Waals surface area contributed by atoms with Crippen molar-refractivity contribution in [2.24, 2.45) is 16.7 Å². The van der Waals surface area contributed by atoms with Gasteiger partial charge in [0.1, 0.15) is 17.4 Å². The number of hydrogen-bond acceptors (Lipinski definition) is 8. The van der Waals surface area contributed by atoms with E-state index in [0.717, 1.165) is 4.90 Å². The minimum Gasteiger partial charge on any atom is -0.453 e. The van der Waals surface area contributed by atoms with Gasteiger partial charge in [0.2, 0.25) is 0 Å². The molecule has 31 heavy (non-hydrogen) atoms. The van der Waals surface area contributed by atoms with E-state index in [4.69, 9.17) is 21.1 Å². The maximum atomic E-state index is 13.3. The highest BCUT2D eigenvalue weighted by Gasteiger charge is 2.13. The molecule has 1 aromatic carbocycles. The number of methoxy groups -OCH3 is 1. The summed E-state index contributed by atoms with van der Waals surface area (Å²) in [6.07, 6.45) is 3.29. The third kappa shape index (κ3) is 6.30. The second kappa shape index (κ2) is 10.6. The molecule has 1 unspecified atom stereocenters. The van der Waals surface area contributed by atoms with Crippen LogP contribution < -0.4 is 21.6 Å². The van der Waals surface area contributed by atoms with Crippen LogP contribution in [-0.4, -0.2) is 34.8 Å². The normalized spacial score (nSPS) is 12.4. The molecule has 0 fully saturated rings. The van der Waals surface area contributed by atoms with Gasteiger partial charge >= 0.3 is 0 Å². The SMILES string of the molecule is COCC(C)Sc1cnc(Nc2ccc(/C(N)=N/N)cn2)c(Oc2ccc(F)cc2)c1. The van der Waals surface area contributed by atoms with Crippen molar-refractivity contribution in [1.29, 1.82) is 0 Å². The summed E-state index contributed by atoms with van der Waals surface area (Å²) in [7, 11) is 1.66. The maximum absolute atomic E-state index is 13.3. The molecule has 0 saturated heterocycles. The van der Waals surface area contributed by atoms with E-state index in [0.29, 0.717) is 35.3 Å². The number of aromatic nitrogens is 2. The number of rotatable bonds is 9. The van der Waals surface area contributed by atoms with Gasteiger partial charge in [-0.2, -0.15) is 5.10 Å². The maximum Gasteiger partial charge on any atom is 0.175 e. The lowest BCUT2D eigenvalue weighted by molar-refractivity contribution is 0.203. The first kappa shape index (κ1) is 22.3. The predicted octanol–water partition coefficient (Wildman–Crippen LogP) is 3.86. The second-order valence-electron chi connectivity index (χ2n) is 6.53. The van der Waals surface area contributed by atoms with Gasteiger partial charge in [-0.3, -0.25) is 0 Å². The van der Waals surface area contributed by atoms with E-state index >= 15 is 0 Å². The van der Waals surface area contributed by atoms with Crippen LogP contribution in [0.5, 0.6) is 11.5 Å². The highest BCUT2D eigenvalue weighted by molar-refractivity contribution is 8.00. The van der Waals surface area contributed by atoms with Crippen LogP contribution in [0.2, 0.25) is 0 Å². The van der Waals surface area contributed by atoms with Crippen LogP contribution in [0.4, 0.5) is 16.0 Å². The van der Waals surface area contributed by atoms with Crippen molar-refractivity contribution in [2.75, 3.05) is 19.0 Å². The Labute approximate surface area is 183 Å². The Balaban J connectivity index is 1.87. The molecule has 3 rings (SSSR count). The number of hydrazone groups is 1. The average Bonchev–Trinajstić information content (AvgIpc) is 2.77. The van der Waals surface area contributed by atoms with Crippen LogP contribution in [0.25, 0.3) is 0 Å². The summed E-state index contributed by atoms with van der Waals surface area (Å²) in [4.78, 5) is 9.70. The largest absolute Gasteiger partial charge is 0.453 e. The number of nitrogens with one attached hydrogen (secondary N) is 1. The van der Waals surface area contributed by atoms with Gasteiger partial charge in [0, 0.05) is 35.2 Å². The van der Waals surface area contributed by atoms with Crippen molar-refractivity contribution in [3.8, 4) is 11.5 Å². The number of ether oxygens (including phenoxy) is 2. The molecule has 3 aromatic rings. The van der Waals surface area contributed by atoms with Gasteiger partial charge < -0.3 is 26.4 Å². The molecule has 0 bridgehead atoms. The van der Waals surface area contributed by atoms with Crippen LogP contribution in [-0.2, 0) is 4.74 Å². The molecule has 162 valence electrons. The Kier molecular flexibility index (Phi) is 7.63. The van der Waals surface area contributed by atoms with Gasteiger partial charge in [0.15, 0.2) is 17.4 Å². The zero-order valence-corrected chi connectivity index (χ0v) is 17.9. The molecule has 1 atom stereocenters. The van der Waals surface area contributed by atoms with Crippen LogP contribution in [0.1, 0.15) is 12.5 Å². The predicted molar refractivity (Wildman–Crippen MR) is 120 cm³/mol. The molecule has 8 nitrogen and oxygen atoms in total. The summed E-state index contributed by atoms with van der Waals surface area (Å²) in [5.74, 6) is 6.96. The van der Waals surface area contributed by atoms with Gasteiger partial charge in [0.05, 0.1) is 6.61 Å². The number of anilines is 2. The van der Waals surface area contributed by atoms with E-state index < -0.39 is 0 Å². The third-order valence-corrected chi connectivity index (χ3v) is 5.09. The summed E-state index contributed by atoms with van der Waals surface area (Å²) in [6, 6.07) is 11.1. The molecule has 0 aliphatic carbocycles. The lowest BCUT2D eigenvalue weighted by atomic mass is 10.2. The van der Waals surface area contributed by atoms with Crippen LogP contribution in [0, 0.1) is 5.82 Å². The lowest BCUT2D eigenvalue weighted by Gasteiger charge is -2.15. The van der Waals surface area contributed by atoms with Gasteiger partial charge in [-0.05, 0) is 42.5 Å². The number of nitrogens with two attached hydrogens (primary N) is 2. The third-order valence-electron chi connectivity index (χ3n) is 4.05. The average molecular weight is 443 g/mol. The topological polar surface area (TPSA) is 121 Å². The van der Waals surface area contributed by atoms with Gasteiger partial charge in [-0.15, -0.1) is 11.8 Å².